The lowest BCUT2D eigenvalue weighted by molar-refractivity contribution is 0.0947. The van der Waals surface area contributed by atoms with Crippen molar-refractivity contribution in [2.24, 2.45) is 7.05 Å². The minimum absolute atomic E-state index is 0.0924. The van der Waals surface area contributed by atoms with Crippen LogP contribution in [0.2, 0.25) is 5.02 Å². The number of amides is 1. The molecule has 0 saturated heterocycles. The molecule has 0 unspecified atom stereocenters. The lowest BCUT2D eigenvalue weighted by atomic mass is 10.1. The van der Waals surface area contributed by atoms with Crippen LogP contribution in [0.15, 0.2) is 41.3 Å². The quantitative estimate of drug-likeness (QED) is 0.540. The molecule has 6 nitrogen and oxygen atoms in total. The van der Waals surface area contributed by atoms with Crippen LogP contribution in [-0.2, 0) is 13.5 Å². The van der Waals surface area contributed by atoms with E-state index in [-0.39, 0.29) is 5.69 Å². The van der Waals surface area contributed by atoms with Crippen LogP contribution in [0.4, 0.5) is 0 Å². The van der Waals surface area contributed by atoms with E-state index in [1.54, 1.807) is 7.05 Å². The molecule has 4 rings (SSSR count). The standard InChI is InChI=1S/C22H21ClN4O2/c1-12-8-18-19(9-13(12)2)27(3)22(29)20(26-18)21(28)24-7-6-14-11-25-17-5-4-15(23)10-16(14)17/h4-5,8-11,25H,6-7H2,1-3H3,(H,24,28). The summed E-state index contributed by atoms with van der Waals surface area (Å²) in [5.74, 6) is -0.469. The van der Waals surface area contributed by atoms with E-state index >= 15 is 0 Å². The summed E-state index contributed by atoms with van der Waals surface area (Å²) >= 11 is 6.08. The molecule has 1 amide bonds. The molecule has 0 aliphatic carbocycles. The summed E-state index contributed by atoms with van der Waals surface area (Å²) < 4.78 is 1.48. The van der Waals surface area contributed by atoms with Crippen molar-refractivity contribution in [3.63, 3.8) is 0 Å². The maximum atomic E-state index is 12.6. The molecule has 0 radical (unpaired) electrons. The van der Waals surface area contributed by atoms with Crippen LogP contribution in [-0.4, -0.2) is 27.0 Å². The van der Waals surface area contributed by atoms with E-state index in [2.05, 4.69) is 15.3 Å². The van der Waals surface area contributed by atoms with E-state index in [1.165, 1.54) is 4.57 Å². The number of carbonyl (C=O) groups is 1. The topological polar surface area (TPSA) is 79.8 Å². The van der Waals surface area contributed by atoms with Crippen molar-refractivity contribution in [1.82, 2.24) is 19.9 Å². The van der Waals surface area contributed by atoms with Crippen molar-refractivity contribution in [2.75, 3.05) is 6.54 Å². The predicted octanol–water partition coefficient (Wildman–Crippen LogP) is 3.66. The first-order chi connectivity index (χ1) is 13.8. The molecule has 2 aromatic heterocycles. The predicted molar refractivity (Wildman–Crippen MR) is 116 cm³/mol. The van der Waals surface area contributed by atoms with Gasteiger partial charge in [-0.3, -0.25) is 9.59 Å². The SMILES string of the molecule is Cc1cc2nc(C(=O)NCCc3c[nH]c4ccc(Cl)cc34)c(=O)n(C)c2cc1C. The van der Waals surface area contributed by atoms with Gasteiger partial charge in [-0.2, -0.15) is 0 Å². The van der Waals surface area contributed by atoms with Crippen molar-refractivity contribution in [2.45, 2.75) is 20.3 Å². The zero-order valence-corrected chi connectivity index (χ0v) is 17.2. The van der Waals surface area contributed by atoms with Crippen molar-refractivity contribution in [3.05, 3.63) is 74.3 Å². The number of H-pyrrole nitrogens is 1. The minimum Gasteiger partial charge on any atom is -0.361 e. The maximum absolute atomic E-state index is 12.6. The van der Waals surface area contributed by atoms with E-state index in [0.29, 0.717) is 29.0 Å². The number of benzene rings is 2. The highest BCUT2D eigenvalue weighted by Crippen LogP contribution is 2.22. The van der Waals surface area contributed by atoms with Crippen molar-refractivity contribution in [1.29, 1.82) is 0 Å². The molecule has 0 saturated carbocycles. The van der Waals surface area contributed by atoms with E-state index < -0.39 is 11.5 Å². The number of aryl methyl sites for hydroxylation is 3. The largest absolute Gasteiger partial charge is 0.361 e. The second-order valence-corrected chi connectivity index (χ2v) is 7.70. The van der Waals surface area contributed by atoms with Gasteiger partial charge < -0.3 is 14.9 Å². The minimum atomic E-state index is -0.469. The van der Waals surface area contributed by atoms with Crippen LogP contribution < -0.4 is 10.9 Å². The maximum Gasteiger partial charge on any atom is 0.282 e. The smallest absolute Gasteiger partial charge is 0.282 e. The van der Waals surface area contributed by atoms with Crippen molar-refractivity contribution in [3.8, 4) is 0 Å². The molecule has 0 atom stereocenters. The van der Waals surface area contributed by atoms with Gasteiger partial charge in [-0.15, -0.1) is 0 Å². The van der Waals surface area contributed by atoms with E-state index in [4.69, 9.17) is 11.6 Å². The number of aromatic amines is 1. The fourth-order valence-corrected chi connectivity index (χ4v) is 3.65. The number of nitrogens with one attached hydrogen (secondary N) is 2. The zero-order valence-electron chi connectivity index (χ0n) is 16.5. The molecule has 29 heavy (non-hydrogen) atoms. The van der Waals surface area contributed by atoms with Crippen LogP contribution in [0, 0.1) is 13.8 Å². The molecular weight excluding hydrogens is 388 g/mol. The van der Waals surface area contributed by atoms with E-state index in [9.17, 15) is 9.59 Å². The number of carbonyl (C=O) groups excluding carboxylic acids is 1. The molecule has 0 aliphatic rings. The molecule has 2 N–H and O–H groups in total. The molecule has 2 aromatic carbocycles. The van der Waals surface area contributed by atoms with Gasteiger partial charge in [0.1, 0.15) is 0 Å². The van der Waals surface area contributed by atoms with Crippen LogP contribution in [0.1, 0.15) is 27.2 Å². The second-order valence-electron chi connectivity index (χ2n) is 7.26. The number of nitrogens with zero attached hydrogens (tertiary/aromatic N) is 2. The Hall–Kier alpha value is -3.12. The summed E-state index contributed by atoms with van der Waals surface area (Å²) in [7, 11) is 1.66. The molecule has 0 spiro atoms. The van der Waals surface area contributed by atoms with Gasteiger partial charge >= 0.3 is 0 Å². The highest BCUT2D eigenvalue weighted by Gasteiger charge is 2.16. The van der Waals surface area contributed by atoms with Gasteiger partial charge in [-0.25, -0.2) is 4.98 Å². The van der Waals surface area contributed by atoms with E-state index in [1.807, 2.05) is 50.4 Å². The Bertz CT molecular complexity index is 1320. The van der Waals surface area contributed by atoms with Gasteiger partial charge in [0, 0.05) is 35.7 Å². The normalized spacial score (nSPS) is 11.3. The number of aromatic nitrogens is 3. The third-order valence-electron chi connectivity index (χ3n) is 5.32. The van der Waals surface area contributed by atoms with Crippen LogP contribution >= 0.6 is 11.6 Å². The molecule has 7 heteroatoms. The zero-order chi connectivity index (χ0) is 20.7. The number of rotatable bonds is 4. The molecule has 0 bridgehead atoms. The molecule has 0 aliphatic heterocycles. The van der Waals surface area contributed by atoms with Crippen molar-refractivity contribution < 1.29 is 4.79 Å². The Kier molecular flexibility index (Phi) is 4.88. The van der Waals surface area contributed by atoms with Crippen LogP contribution in [0.25, 0.3) is 21.9 Å². The highest BCUT2D eigenvalue weighted by atomic mass is 35.5. The lowest BCUT2D eigenvalue weighted by Gasteiger charge is -2.10. The van der Waals surface area contributed by atoms with Crippen molar-refractivity contribution >= 4 is 39.4 Å². The molecule has 2 heterocycles. The Morgan fingerprint density at radius 3 is 2.76 bits per heavy atom. The number of hydrogen-bond acceptors (Lipinski definition) is 3. The Morgan fingerprint density at radius 2 is 1.97 bits per heavy atom. The van der Waals surface area contributed by atoms with Gasteiger partial charge in [0.05, 0.1) is 11.0 Å². The summed E-state index contributed by atoms with van der Waals surface area (Å²) in [4.78, 5) is 32.8. The fourth-order valence-electron chi connectivity index (χ4n) is 3.48. The summed E-state index contributed by atoms with van der Waals surface area (Å²) in [5, 5.41) is 4.50. The third kappa shape index (κ3) is 3.51. The third-order valence-corrected chi connectivity index (χ3v) is 5.55. The van der Waals surface area contributed by atoms with Crippen LogP contribution in [0.5, 0.6) is 0 Å². The fraction of sp³-hybridized carbons (Fsp3) is 0.227. The molecule has 148 valence electrons. The Morgan fingerprint density at radius 1 is 1.21 bits per heavy atom. The van der Waals surface area contributed by atoms with Gasteiger partial charge in [0.25, 0.3) is 11.5 Å². The summed E-state index contributed by atoms with van der Waals surface area (Å²) in [5.41, 5.74) is 5.03. The Balaban J connectivity index is 1.56. The average Bonchev–Trinajstić information content (AvgIpc) is 3.08. The molecule has 4 aromatic rings. The first-order valence-corrected chi connectivity index (χ1v) is 9.74. The Labute approximate surface area is 172 Å². The molecule has 0 fully saturated rings. The van der Waals surface area contributed by atoms with Gasteiger partial charge in [-0.05, 0) is 67.3 Å². The number of fused-ring (bicyclic) bond motifs is 2. The highest BCUT2D eigenvalue weighted by molar-refractivity contribution is 6.31. The van der Waals surface area contributed by atoms with Gasteiger partial charge in [0.15, 0.2) is 5.69 Å². The second kappa shape index (κ2) is 7.37. The first-order valence-electron chi connectivity index (χ1n) is 9.37. The number of halogens is 1. The molecular formula is C22H21ClN4O2. The average molecular weight is 409 g/mol. The lowest BCUT2D eigenvalue weighted by Crippen LogP contribution is -2.34. The number of hydrogen-bond donors (Lipinski definition) is 2. The summed E-state index contributed by atoms with van der Waals surface area (Å²) in [6.45, 7) is 4.35. The van der Waals surface area contributed by atoms with Gasteiger partial charge in [-0.1, -0.05) is 11.6 Å². The van der Waals surface area contributed by atoms with E-state index in [0.717, 1.165) is 27.6 Å². The summed E-state index contributed by atoms with van der Waals surface area (Å²) in [6, 6.07) is 9.47. The first kappa shape index (κ1) is 19.2. The summed E-state index contributed by atoms with van der Waals surface area (Å²) in [6.07, 6.45) is 2.52. The van der Waals surface area contributed by atoms with Gasteiger partial charge in [0.2, 0.25) is 0 Å². The monoisotopic (exact) mass is 408 g/mol. The van der Waals surface area contributed by atoms with Crippen LogP contribution in [0.3, 0.4) is 0 Å².